The van der Waals surface area contributed by atoms with Crippen molar-refractivity contribution in [2.75, 3.05) is 11.4 Å². The van der Waals surface area contributed by atoms with Crippen molar-refractivity contribution in [1.82, 2.24) is 10.6 Å². The number of urea groups is 1. The molecule has 12 heteroatoms. The number of aliphatic carboxylic acids is 1. The van der Waals surface area contributed by atoms with Gasteiger partial charge in [0.05, 0.1) is 5.69 Å². The number of anilines is 1. The summed E-state index contributed by atoms with van der Waals surface area (Å²) in [6, 6.07) is 10.3. The number of amides is 3. The van der Waals surface area contributed by atoms with Gasteiger partial charge in [-0.2, -0.15) is 0 Å². The average molecular weight is 502 g/mol. The Morgan fingerprint density at radius 1 is 1.20 bits per heavy atom. The number of rotatable bonds is 10. The second kappa shape index (κ2) is 13.0. The molecule has 0 heterocycles. The Morgan fingerprint density at radius 3 is 2.49 bits per heavy atom. The number of halogens is 1. The molecule has 0 aliphatic rings. The zero-order valence-corrected chi connectivity index (χ0v) is 20.1. The number of guanidine groups is 1. The molecule has 0 aromatic heterocycles. The largest absolute Gasteiger partial charge is 0.480 e. The minimum absolute atomic E-state index is 0.0985. The van der Waals surface area contributed by atoms with Crippen LogP contribution in [0, 0.1) is 12.3 Å². The van der Waals surface area contributed by atoms with Gasteiger partial charge in [-0.3, -0.25) is 15.1 Å². The minimum atomic E-state index is -1.22. The molecule has 6 N–H and O–H groups in total. The van der Waals surface area contributed by atoms with Gasteiger partial charge in [-0.15, -0.1) is 5.11 Å². The first-order valence-corrected chi connectivity index (χ1v) is 11.1. The third-order valence-corrected chi connectivity index (χ3v) is 5.42. The molecule has 2 aromatic carbocycles. The first-order valence-electron chi connectivity index (χ1n) is 10.8. The van der Waals surface area contributed by atoms with Gasteiger partial charge in [-0.25, -0.2) is 9.59 Å². The lowest BCUT2D eigenvalue weighted by molar-refractivity contribution is -0.142. The molecule has 0 fully saturated rings. The maximum atomic E-state index is 13.0. The quantitative estimate of drug-likeness (QED) is 0.144. The Kier molecular flexibility index (Phi) is 10.2. The van der Waals surface area contributed by atoms with Crippen LogP contribution in [0.25, 0.3) is 0 Å². The topological polar surface area (TPSA) is 173 Å². The van der Waals surface area contributed by atoms with Gasteiger partial charge in [-0.1, -0.05) is 41.0 Å². The van der Waals surface area contributed by atoms with Crippen LogP contribution in [-0.4, -0.2) is 47.6 Å². The second-order valence-corrected chi connectivity index (χ2v) is 8.09. The molecule has 3 amide bonds. The van der Waals surface area contributed by atoms with Crippen LogP contribution in [0.15, 0.2) is 58.8 Å². The van der Waals surface area contributed by atoms with Gasteiger partial charge in [0.1, 0.15) is 12.1 Å². The first-order chi connectivity index (χ1) is 16.6. The third kappa shape index (κ3) is 8.38. The molecular weight excluding hydrogens is 474 g/mol. The number of nitrogens with two attached hydrogens (primary N) is 1. The van der Waals surface area contributed by atoms with Crippen LogP contribution in [0.5, 0.6) is 0 Å². The number of nitrogens with zero attached hydrogens (tertiary/aromatic N) is 3. The molecule has 2 atom stereocenters. The van der Waals surface area contributed by atoms with E-state index in [-0.39, 0.29) is 18.9 Å². The molecule has 2 unspecified atom stereocenters. The van der Waals surface area contributed by atoms with Crippen LogP contribution in [0.4, 0.5) is 16.2 Å². The van der Waals surface area contributed by atoms with E-state index in [1.807, 2.05) is 6.92 Å². The van der Waals surface area contributed by atoms with Gasteiger partial charge in [-0.05, 0) is 56.5 Å². The molecule has 0 spiro atoms. The summed E-state index contributed by atoms with van der Waals surface area (Å²) < 4.78 is 0. The van der Waals surface area contributed by atoms with Crippen LogP contribution in [0.2, 0.25) is 5.02 Å². The van der Waals surface area contributed by atoms with Crippen molar-refractivity contribution in [1.29, 1.82) is 5.41 Å². The lowest BCUT2D eigenvalue weighted by atomic mass is 10.1. The van der Waals surface area contributed by atoms with Crippen molar-refractivity contribution < 1.29 is 19.5 Å². The van der Waals surface area contributed by atoms with Crippen molar-refractivity contribution >= 4 is 46.8 Å². The van der Waals surface area contributed by atoms with E-state index >= 15 is 0 Å². The number of para-hydroxylation sites is 1. The number of hydrogen-bond donors (Lipinski definition) is 5. The van der Waals surface area contributed by atoms with E-state index in [0.717, 1.165) is 10.5 Å². The Balaban J connectivity index is 2.19. The fourth-order valence-corrected chi connectivity index (χ4v) is 3.25. The predicted molar refractivity (Wildman–Crippen MR) is 133 cm³/mol. The first kappa shape index (κ1) is 27.3. The standard InChI is InChI=1S/C23H28ClN7O4/c1-14-10-11-16(13-18(14)24)29-30-23(35)31(17-7-4-3-5-8-17)15(2)20(32)28-19(21(33)34)9-6-12-27-22(25)26/h3-5,7-8,10-11,13,15,19H,6,9,12H2,1-2H3,(H,28,32)(H,33,34)(H4,25,26,27)/b30-29+. The summed E-state index contributed by atoms with van der Waals surface area (Å²) in [5.74, 6) is -2.13. The molecule has 0 saturated carbocycles. The number of carbonyl (C=O) groups is 3. The number of aryl methyl sites for hydroxylation is 1. The van der Waals surface area contributed by atoms with E-state index in [4.69, 9.17) is 22.7 Å². The number of carboxylic acids is 1. The van der Waals surface area contributed by atoms with Crippen LogP contribution < -0.4 is 21.3 Å². The van der Waals surface area contributed by atoms with Crippen LogP contribution >= 0.6 is 11.6 Å². The molecule has 0 saturated heterocycles. The Bertz CT molecular complexity index is 1090. The Labute approximate surface area is 207 Å². The highest BCUT2D eigenvalue weighted by atomic mass is 35.5. The fourth-order valence-electron chi connectivity index (χ4n) is 3.08. The zero-order chi connectivity index (χ0) is 26.0. The van der Waals surface area contributed by atoms with Crippen molar-refractivity contribution in [3.8, 4) is 0 Å². The van der Waals surface area contributed by atoms with E-state index in [1.54, 1.807) is 48.5 Å². The number of azo groups is 1. The average Bonchev–Trinajstić information content (AvgIpc) is 2.82. The summed E-state index contributed by atoms with van der Waals surface area (Å²) in [5, 5.41) is 29.8. The molecule has 11 nitrogen and oxygen atoms in total. The Morgan fingerprint density at radius 2 is 1.89 bits per heavy atom. The highest BCUT2D eigenvalue weighted by Gasteiger charge is 2.30. The van der Waals surface area contributed by atoms with Gasteiger partial charge in [0.25, 0.3) is 0 Å². The number of hydrogen-bond acceptors (Lipinski definition) is 5. The number of nitrogens with one attached hydrogen (secondary N) is 3. The van der Waals surface area contributed by atoms with Crippen LogP contribution in [0.3, 0.4) is 0 Å². The highest BCUT2D eigenvalue weighted by molar-refractivity contribution is 6.31. The van der Waals surface area contributed by atoms with Crippen molar-refractivity contribution in [3.63, 3.8) is 0 Å². The maximum absolute atomic E-state index is 13.0. The lowest BCUT2D eigenvalue weighted by Gasteiger charge is -2.27. The smallest absolute Gasteiger partial charge is 0.367 e. The monoisotopic (exact) mass is 501 g/mol. The zero-order valence-electron chi connectivity index (χ0n) is 19.4. The van der Waals surface area contributed by atoms with Gasteiger partial charge < -0.3 is 21.5 Å². The summed E-state index contributed by atoms with van der Waals surface area (Å²) in [6.07, 6.45) is 0.446. The Hall–Kier alpha value is -3.99. The second-order valence-electron chi connectivity index (χ2n) is 7.68. The van der Waals surface area contributed by atoms with E-state index in [0.29, 0.717) is 22.8 Å². The summed E-state index contributed by atoms with van der Waals surface area (Å²) in [5.41, 5.74) is 6.81. The van der Waals surface area contributed by atoms with Gasteiger partial charge >= 0.3 is 12.0 Å². The van der Waals surface area contributed by atoms with Crippen molar-refractivity contribution in [2.45, 2.75) is 38.8 Å². The molecule has 0 radical (unpaired) electrons. The van der Waals surface area contributed by atoms with E-state index < -0.39 is 30.0 Å². The van der Waals surface area contributed by atoms with Gasteiger partial charge in [0.2, 0.25) is 5.91 Å². The van der Waals surface area contributed by atoms with Gasteiger partial charge in [0, 0.05) is 17.3 Å². The van der Waals surface area contributed by atoms with Crippen molar-refractivity contribution in [2.24, 2.45) is 16.0 Å². The molecule has 35 heavy (non-hydrogen) atoms. The molecule has 186 valence electrons. The van der Waals surface area contributed by atoms with Crippen LogP contribution in [0.1, 0.15) is 25.3 Å². The molecule has 0 aliphatic heterocycles. The fraction of sp³-hybridized carbons (Fsp3) is 0.304. The number of carboxylic acid groups (broad SMARTS) is 1. The number of carbonyl (C=O) groups excluding carboxylic acids is 2. The predicted octanol–water partition coefficient (Wildman–Crippen LogP) is 3.58. The SMILES string of the molecule is Cc1ccc(/N=N/C(=O)N(c2ccccc2)C(C)C(=O)NC(CCCNC(=N)N)C(=O)O)cc1Cl. The summed E-state index contributed by atoms with van der Waals surface area (Å²) >= 11 is 6.10. The molecular formula is C23H28ClN7O4. The van der Waals surface area contributed by atoms with Crippen LogP contribution in [-0.2, 0) is 9.59 Å². The normalized spacial score (nSPS) is 12.5. The third-order valence-electron chi connectivity index (χ3n) is 5.01. The summed E-state index contributed by atoms with van der Waals surface area (Å²) in [7, 11) is 0. The highest BCUT2D eigenvalue weighted by Crippen LogP contribution is 2.24. The summed E-state index contributed by atoms with van der Waals surface area (Å²) in [4.78, 5) is 38.7. The van der Waals surface area contributed by atoms with Gasteiger partial charge in [0.15, 0.2) is 5.96 Å². The van der Waals surface area contributed by atoms with E-state index in [9.17, 15) is 19.5 Å². The molecule has 0 aliphatic carbocycles. The van der Waals surface area contributed by atoms with E-state index in [1.165, 1.54) is 6.92 Å². The van der Waals surface area contributed by atoms with Crippen molar-refractivity contribution in [3.05, 3.63) is 59.1 Å². The minimum Gasteiger partial charge on any atom is -0.480 e. The lowest BCUT2D eigenvalue weighted by Crippen LogP contribution is -2.52. The molecule has 0 bridgehead atoms. The maximum Gasteiger partial charge on any atom is 0.367 e. The number of benzene rings is 2. The molecule has 2 aromatic rings. The van der Waals surface area contributed by atoms with E-state index in [2.05, 4.69) is 20.9 Å². The molecule has 2 rings (SSSR count). The summed E-state index contributed by atoms with van der Waals surface area (Å²) in [6.45, 7) is 3.58.